The molecule has 62 heavy (non-hydrogen) atoms. The van der Waals surface area contributed by atoms with Crippen LogP contribution < -0.4 is 0 Å². The largest absolute Gasteiger partial charge is 0.465 e. The van der Waals surface area contributed by atoms with Crippen molar-refractivity contribution in [2.24, 2.45) is 5.41 Å². The van der Waals surface area contributed by atoms with Crippen LogP contribution in [0.1, 0.15) is 290 Å². The van der Waals surface area contributed by atoms with Gasteiger partial charge in [-0.2, -0.15) is 0 Å². The fourth-order valence-corrected chi connectivity index (χ4v) is 8.71. The Morgan fingerprint density at radius 1 is 0.306 bits per heavy atom. The Balaban J connectivity index is 4.72. The Hall–Kier alpha value is -1.63. The molecule has 0 rings (SSSR count). The minimum atomic E-state index is -0.826. The predicted octanol–water partition coefficient (Wildman–Crippen LogP) is 16.6. The first-order valence-electron chi connectivity index (χ1n) is 27.4. The van der Waals surface area contributed by atoms with Crippen molar-refractivity contribution in [3.05, 3.63) is 0 Å². The van der Waals surface area contributed by atoms with Crippen molar-refractivity contribution in [1.82, 2.24) is 4.90 Å². The highest BCUT2D eigenvalue weighted by Crippen LogP contribution is 2.24. The minimum Gasteiger partial charge on any atom is -0.465 e. The maximum atomic E-state index is 13.0. The lowest BCUT2D eigenvalue weighted by molar-refractivity contribution is -0.163. The lowest BCUT2D eigenvalue weighted by Crippen LogP contribution is -2.46. The standard InChI is InChI=1S/C55H107NO6/c1-6-9-12-15-18-21-23-25-27-29-31-34-37-40-43-46-53(58)61-50-55(48-56(4)5,49-60-52(57)45-42-39-36-33-20-17-14-11-8-3)51-62-54(59)47-44-41-38-35-32-30-28-26-24-22-19-16-13-10-7-2/h6-51H2,1-5H3. The van der Waals surface area contributed by atoms with Crippen LogP contribution in [0, 0.1) is 5.41 Å². The zero-order valence-electron chi connectivity index (χ0n) is 42.4. The fourth-order valence-electron chi connectivity index (χ4n) is 8.71. The van der Waals surface area contributed by atoms with E-state index in [0.717, 1.165) is 57.8 Å². The molecule has 0 aliphatic rings. The molecule has 0 spiro atoms. The second kappa shape index (κ2) is 47.3. The highest BCUT2D eigenvalue weighted by Gasteiger charge is 2.36. The van der Waals surface area contributed by atoms with Crippen LogP contribution in [-0.2, 0) is 28.6 Å². The molecule has 0 atom stereocenters. The van der Waals surface area contributed by atoms with Crippen molar-refractivity contribution >= 4 is 17.9 Å². The summed E-state index contributed by atoms with van der Waals surface area (Å²) < 4.78 is 17.7. The van der Waals surface area contributed by atoms with E-state index in [9.17, 15) is 14.4 Å². The molecule has 0 saturated heterocycles. The van der Waals surface area contributed by atoms with Gasteiger partial charge in [0.15, 0.2) is 0 Å². The average molecular weight is 878 g/mol. The van der Waals surface area contributed by atoms with Crippen LogP contribution in [0.4, 0.5) is 0 Å². The van der Waals surface area contributed by atoms with E-state index in [-0.39, 0.29) is 37.7 Å². The fraction of sp³-hybridized carbons (Fsp3) is 0.945. The van der Waals surface area contributed by atoms with E-state index in [2.05, 4.69) is 20.8 Å². The molecule has 7 heteroatoms. The van der Waals surface area contributed by atoms with Gasteiger partial charge in [0.25, 0.3) is 0 Å². The summed E-state index contributed by atoms with van der Waals surface area (Å²) in [5.74, 6) is -0.690. The van der Waals surface area contributed by atoms with Gasteiger partial charge >= 0.3 is 17.9 Å². The van der Waals surface area contributed by atoms with E-state index >= 15 is 0 Å². The van der Waals surface area contributed by atoms with E-state index in [1.807, 2.05) is 19.0 Å². The van der Waals surface area contributed by atoms with Crippen molar-refractivity contribution in [2.75, 3.05) is 40.5 Å². The van der Waals surface area contributed by atoms with Gasteiger partial charge in [-0.1, -0.05) is 252 Å². The number of hydrogen-bond acceptors (Lipinski definition) is 7. The summed E-state index contributed by atoms with van der Waals surface area (Å²) in [6.45, 7) is 7.43. The Morgan fingerprint density at radius 3 is 0.661 bits per heavy atom. The van der Waals surface area contributed by atoms with Crippen LogP contribution >= 0.6 is 0 Å². The van der Waals surface area contributed by atoms with Crippen LogP contribution in [0.3, 0.4) is 0 Å². The highest BCUT2D eigenvalue weighted by atomic mass is 16.6. The average Bonchev–Trinajstić information content (AvgIpc) is 3.26. The molecular formula is C55H107NO6. The number of carbonyl (C=O) groups is 3. The number of nitrogens with zero attached hydrogens (tertiary/aromatic N) is 1. The van der Waals surface area contributed by atoms with E-state index in [1.54, 1.807) is 0 Å². The van der Waals surface area contributed by atoms with Crippen molar-refractivity contribution in [1.29, 1.82) is 0 Å². The summed E-state index contributed by atoms with van der Waals surface area (Å²) in [5.41, 5.74) is -0.826. The van der Waals surface area contributed by atoms with Crippen molar-refractivity contribution in [2.45, 2.75) is 290 Å². The maximum absolute atomic E-state index is 13.0. The SMILES string of the molecule is CCCCCCCCCCCCCCCCCC(=O)OCC(COC(=O)CCCCCCCCCCC)(COC(=O)CCCCCCCCCCCCCCCCC)CN(C)C. The molecule has 0 unspecified atom stereocenters. The number of unbranched alkanes of at least 4 members (excludes halogenated alkanes) is 36. The van der Waals surface area contributed by atoms with Crippen LogP contribution in [-0.4, -0.2) is 63.3 Å². The lowest BCUT2D eigenvalue weighted by atomic mass is 9.90. The quantitative estimate of drug-likeness (QED) is 0.0342. The monoisotopic (exact) mass is 878 g/mol. The summed E-state index contributed by atoms with van der Waals surface area (Å²) in [6.07, 6.45) is 50.3. The summed E-state index contributed by atoms with van der Waals surface area (Å²) in [5, 5.41) is 0. The second-order valence-electron chi connectivity index (χ2n) is 19.7. The first-order valence-corrected chi connectivity index (χ1v) is 27.4. The molecule has 0 saturated carbocycles. The normalized spacial score (nSPS) is 11.7. The van der Waals surface area contributed by atoms with Crippen LogP contribution in [0.5, 0.6) is 0 Å². The molecule has 0 N–H and O–H groups in total. The third kappa shape index (κ3) is 43.6. The number of esters is 3. The molecular weight excluding hydrogens is 771 g/mol. The third-order valence-electron chi connectivity index (χ3n) is 12.7. The molecule has 0 aromatic rings. The maximum Gasteiger partial charge on any atom is 0.305 e. The molecule has 0 radical (unpaired) electrons. The Labute approximate surface area is 386 Å². The number of rotatable bonds is 50. The number of hydrogen-bond donors (Lipinski definition) is 0. The van der Waals surface area contributed by atoms with Gasteiger partial charge in [0.2, 0.25) is 0 Å². The molecule has 0 fully saturated rings. The topological polar surface area (TPSA) is 82.1 Å². The van der Waals surface area contributed by atoms with Gasteiger partial charge in [-0.05, 0) is 33.4 Å². The minimum absolute atomic E-state index is 0.0555. The van der Waals surface area contributed by atoms with Crippen LogP contribution in [0.2, 0.25) is 0 Å². The van der Waals surface area contributed by atoms with Crippen LogP contribution in [0.25, 0.3) is 0 Å². The molecule has 0 bridgehead atoms. The Kier molecular flexibility index (Phi) is 46.1. The zero-order valence-corrected chi connectivity index (χ0v) is 42.4. The smallest absolute Gasteiger partial charge is 0.305 e. The molecule has 0 amide bonds. The van der Waals surface area contributed by atoms with Crippen molar-refractivity contribution in [3.8, 4) is 0 Å². The molecule has 7 nitrogen and oxygen atoms in total. The van der Waals surface area contributed by atoms with Crippen LogP contribution in [0.15, 0.2) is 0 Å². The van der Waals surface area contributed by atoms with E-state index in [0.29, 0.717) is 25.8 Å². The Morgan fingerprint density at radius 2 is 0.484 bits per heavy atom. The summed E-state index contributed by atoms with van der Waals surface area (Å²) in [7, 11) is 3.90. The summed E-state index contributed by atoms with van der Waals surface area (Å²) in [6, 6.07) is 0. The van der Waals surface area contributed by atoms with Gasteiger partial charge in [0, 0.05) is 25.8 Å². The number of ether oxygens (including phenoxy) is 3. The van der Waals surface area contributed by atoms with Gasteiger partial charge < -0.3 is 19.1 Å². The predicted molar refractivity (Wildman–Crippen MR) is 265 cm³/mol. The van der Waals surface area contributed by atoms with Crippen molar-refractivity contribution < 1.29 is 28.6 Å². The molecule has 0 aromatic heterocycles. The first-order chi connectivity index (χ1) is 30.3. The third-order valence-corrected chi connectivity index (χ3v) is 12.7. The highest BCUT2D eigenvalue weighted by molar-refractivity contribution is 5.70. The number of carbonyl (C=O) groups excluding carboxylic acids is 3. The zero-order chi connectivity index (χ0) is 45.5. The molecule has 368 valence electrons. The molecule has 0 aliphatic heterocycles. The molecule has 0 aliphatic carbocycles. The van der Waals surface area contributed by atoms with Crippen molar-refractivity contribution in [3.63, 3.8) is 0 Å². The van der Waals surface area contributed by atoms with E-state index in [4.69, 9.17) is 14.2 Å². The van der Waals surface area contributed by atoms with Gasteiger partial charge in [-0.25, -0.2) is 0 Å². The Bertz CT molecular complexity index is 919. The lowest BCUT2D eigenvalue weighted by Gasteiger charge is -2.34. The summed E-state index contributed by atoms with van der Waals surface area (Å²) in [4.78, 5) is 41.0. The second-order valence-corrected chi connectivity index (χ2v) is 19.7. The van der Waals surface area contributed by atoms with E-state index < -0.39 is 5.41 Å². The van der Waals surface area contributed by atoms with Gasteiger partial charge in [-0.15, -0.1) is 0 Å². The van der Waals surface area contributed by atoms with Gasteiger partial charge in [0.1, 0.15) is 19.8 Å². The van der Waals surface area contributed by atoms with Gasteiger partial charge in [0.05, 0.1) is 5.41 Å². The first kappa shape index (κ1) is 60.4. The molecule has 0 aromatic carbocycles. The van der Waals surface area contributed by atoms with E-state index in [1.165, 1.54) is 193 Å². The van der Waals surface area contributed by atoms with Gasteiger partial charge in [-0.3, -0.25) is 14.4 Å². The summed E-state index contributed by atoms with van der Waals surface area (Å²) >= 11 is 0. The molecule has 0 heterocycles.